The largest absolute Gasteiger partial charge is 0.354 e. The van der Waals surface area contributed by atoms with Crippen molar-refractivity contribution in [3.8, 4) is 11.4 Å². The van der Waals surface area contributed by atoms with Crippen molar-refractivity contribution in [3.05, 3.63) is 36.2 Å². The molecule has 3 rings (SSSR count). The lowest BCUT2D eigenvalue weighted by molar-refractivity contribution is -0.135. The zero-order valence-electron chi connectivity index (χ0n) is 16.8. The molecule has 1 aromatic carbocycles. The number of benzene rings is 1. The first kappa shape index (κ1) is 19.9. The van der Waals surface area contributed by atoms with Gasteiger partial charge in [0, 0.05) is 44.2 Å². The number of nitrogens with one attached hydrogen (secondary N) is 3. The number of piperidine rings is 1. The molecule has 0 saturated carbocycles. The van der Waals surface area contributed by atoms with Crippen LogP contribution in [0.1, 0.15) is 32.3 Å². The molecule has 2 heterocycles. The van der Waals surface area contributed by atoms with Crippen LogP contribution in [0.5, 0.6) is 0 Å². The highest BCUT2D eigenvalue weighted by atomic mass is 16.2. The van der Waals surface area contributed by atoms with E-state index in [1.807, 2.05) is 30.9 Å². The Morgan fingerprint density at radius 3 is 2.79 bits per heavy atom. The van der Waals surface area contributed by atoms with E-state index in [2.05, 4.69) is 42.9 Å². The molecule has 1 fully saturated rings. The van der Waals surface area contributed by atoms with Crippen LogP contribution < -0.4 is 10.6 Å². The number of likely N-dealkylation sites (tertiary alicyclic amines) is 1. The van der Waals surface area contributed by atoms with Gasteiger partial charge in [-0.2, -0.15) is 5.10 Å². The molecule has 1 amide bonds. The van der Waals surface area contributed by atoms with Crippen LogP contribution in [0.15, 0.2) is 35.6 Å². The summed E-state index contributed by atoms with van der Waals surface area (Å²) in [7, 11) is 1.78. The summed E-state index contributed by atoms with van der Waals surface area (Å²) in [6, 6.07) is 8.48. The van der Waals surface area contributed by atoms with Crippen LogP contribution in [0, 0.1) is 5.92 Å². The van der Waals surface area contributed by atoms with Crippen LogP contribution in [0.3, 0.4) is 0 Å². The fourth-order valence-electron chi connectivity index (χ4n) is 3.36. The van der Waals surface area contributed by atoms with E-state index in [9.17, 15) is 4.79 Å². The Morgan fingerprint density at radius 2 is 2.14 bits per heavy atom. The Balaban J connectivity index is 1.49. The van der Waals surface area contributed by atoms with Crippen LogP contribution in [0.4, 0.5) is 0 Å². The summed E-state index contributed by atoms with van der Waals surface area (Å²) in [6.07, 6.45) is 3.37. The SMILES string of the molecule is CN=C(NCc1cccc(-c2ncn[nH]2)c1)NC1CCN(C(=O)C(C)C)CC1. The number of aromatic amines is 1. The Hall–Kier alpha value is -2.90. The average Bonchev–Trinajstić information content (AvgIpc) is 3.26. The third kappa shape index (κ3) is 5.09. The molecule has 8 heteroatoms. The summed E-state index contributed by atoms with van der Waals surface area (Å²) >= 11 is 0. The highest BCUT2D eigenvalue weighted by molar-refractivity contribution is 5.80. The molecular formula is C20H29N7O. The standard InChI is InChI=1S/C20H29N7O/c1-14(2)19(28)27-9-7-17(8-10-27)25-20(21-3)22-12-15-5-4-6-16(11-15)18-23-13-24-26-18/h4-6,11,13-14,17H,7-10,12H2,1-3H3,(H2,21,22,25)(H,23,24,26). The number of carbonyl (C=O) groups is 1. The van der Waals surface area contributed by atoms with E-state index in [1.165, 1.54) is 6.33 Å². The number of nitrogens with zero attached hydrogens (tertiary/aromatic N) is 4. The highest BCUT2D eigenvalue weighted by Crippen LogP contribution is 2.16. The molecule has 1 aliphatic heterocycles. The molecule has 2 aromatic rings. The van der Waals surface area contributed by atoms with E-state index in [0.29, 0.717) is 12.6 Å². The van der Waals surface area contributed by atoms with Gasteiger partial charge < -0.3 is 15.5 Å². The first-order valence-electron chi connectivity index (χ1n) is 9.77. The van der Waals surface area contributed by atoms with Crippen LogP contribution in [-0.2, 0) is 11.3 Å². The van der Waals surface area contributed by atoms with Gasteiger partial charge in [-0.05, 0) is 24.5 Å². The lowest BCUT2D eigenvalue weighted by Gasteiger charge is -2.34. The summed E-state index contributed by atoms with van der Waals surface area (Å²) in [5.41, 5.74) is 2.14. The van der Waals surface area contributed by atoms with Crippen LogP contribution in [0.25, 0.3) is 11.4 Å². The van der Waals surface area contributed by atoms with Crippen molar-refractivity contribution in [2.24, 2.45) is 10.9 Å². The van der Waals surface area contributed by atoms with E-state index in [0.717, 1.165) is 48.8 Å². The maximum Gasteiger partial charge on any atom is 0.225 e. The predicted molar refractivity (Wildman–Crippen MR) is 110 cm³/mol. The summed E-state index contributed by atoms with van der Waals surface area (Å²) in [5.74, 6) is 1.84. The minimum absolute atomic E-state index is 0.0617. The van der Waals surface area contributed by atoms with Crippen molar-refractivity contribution >= 4 is 11.9 Å². The van der Waals surface area contributed by atoms with Gasteiger partial charge in [0.05, 0.1) is 0 Å². The molecule has 0 radical (unpaired) electrons. The zero-order valence-corrected chi connectivity index (χ0v) is 16.8. The monoisotopic (exact) mass is 383 g/mol. The Kier molecular flexibility index (Phi) is 6.62. The number of amides is 1. The molecule has 8 nitrogen and oxygen atoms in total. The number of rotatable bonds is 5. The Bertz CT molecular complexity index is 793. The summed E-state index contributed by atoms with van der Waals surface area (Å²) in [5, 5.41) is 13.6. The van der Waals surface area contributed by atoms with Crippen molar-refractivity contribution in [1.82, 2.24) is 30.7 Å². The third-order valence-electron chi connectivity index (χ3n) is 4.94. The normalized spacial score (nSPS) is 15.7. The smallest absolute Gasteiger partial charge is 0.225 e. The maximum atomic E-state index is 12.1. The lowest BCUT2D eigenvalue weighted by Crippen LogP contribution is -2.50. The van der Waals surface area contributed by atoms with E-state index in [1.54, 1.807) is 7.05 Å². The molecule has 1 aromatic heterocycles. The van der Waals surface area contributed by atoms with E-state index in [-0.39, 0.29) is 11.8 Å². The quantitative estimate of drug-likeness (QED) is 0.540. The van der Waals surface area contributed by atoms with E-state index < -0.39 is 0 Å². The van der Waals surface area contributed by atoms with Gasteiger partial charge in [0.1, 0.15) is 6.33 Å². The highest BCUT2D eigenvalue weighted by Gasteiger charge is 2.24. The molecular weight excluding hydrogens is 354 g/mol. The number of aliphatic imine (C=N–C) groups is 1. The molecule has 0 spiro atoms. The van der Waals surface area contributed by atoms with Gasteiger partial charge in [0.25, 0.3) is 0 Å². The maximum absolute atomic E-state index is 12.1. The second-order valence-corrected chi connectivity index (χ2v) is 7.36. The number of hydrogen-bond acceptors (Lipinski definition) is 4. The molecule has 3 N–H and O–H groups in total. The first-order valence-corrected chi connectivity index (χ1v) is 9.77. The predicted octanol–water partition coefficient (Wildman–Crippen LogP) is 1.78. The molecule has 1 saturated heterocycles. The first-order chi connectivity index (χ1) is 13.6. The van der Waals surface area contributed by atoms with Gasteiger partial charge in [0.2, 0.25) is 5.91 Å². The number of carbonyl (C=O) groups excluding carboxylic acids is 1. The molecule has 0 bridgehead atoms. The number of hydrogen-bond donors (Lipinski definition) is 3. The fourth-order valence-corrected chi connectivity index (χ4v) is 3.36. The second-order valence-electron chi connectivity index (χ2n) is 7.36. The summed E-state index contributed by atoms with van der Waals surface area (Å²) < 4.78 is 0. The van der Waals surface area contributed by atoms with Gasteiger partial charge in [-0.25, -0.2) is 4.98 Å². The topological polar surface area (TPSA) is 98.3 Å². The van der Waals surface area contributed by atoms with Crippen molar-refractivity contribution in [1.29, 1.82) is 0 Å². The minimum Gasteiger partial charge on any atom is -0.354 e. The van der Waals surface area contributed by atoms with Gasteiger partial charge in [-0.15, -0.1) is 0 Å². The van der Waals surface area contributed by atoms with Gasteiger partial charge >= 0.3 is 0 Å². The van der Waals surface area contributed by atoms with Crippen molar-refractivity contribution < 1.29 is 4.79 Å². The second kappa shape index (κ2) is 9.34. The van der Waals surface area contributed by atoms with Gasteiger partial charge in [-0.3, -0.25) is 14.9 Å². The molecule has 150 valence electrons. The Morgan fingerprint density at radius 1 is 1.36 bits per heavy atom. The zero-order chi connectivity index (χ0) is 19.9. The van der Waals surface area contributed by atoms with Crippen LogP contribution >= 0.6 is 0 Å². The summed E-state index contributed by atoms with van der Waals surface area (Å²) in [4.78, 5) is 22.6. The molecule has 0 unspecified atom stereocenters. The molecule has 0 aliphatic carbocycles. The van der Waals surface area contributed by atoms with Gasteiger partial charge in [-0.1, -0.05) is 32.0 Å². The third-order valence-corrected chi connectivity index (χ3v) is 4.94. The molecule has 0 atom stereocenters. The minimum atomic E-state index is 0.0617. The number of H-pyrrole nitrogens is 1. The lowest BCUT2D eigenvalue weighted by atomic mass is 10.0. The van der Waals surface area contributed by atoms with Crippen LogP contribution in [0.2, 0.25) is 0 Å². The van der Waals surface area contributed by atoms with E-state index >= 15 is 0 Å². The van der Waals surface area contributed by atoms with Gasteiger partial charge in [0.15, 0.2) is 11.8 Å². The van der Waals surface area contributed by atoms with Crippen molar-refractivity contribution in [3.63, 3.8) is 0 Å². The van der Waals surface area contributed by atoms with Crippen LogP contribution in [-0.4, -0.2) is 58.1 Å². The number of guanidine groups is 1. The molecule has 28 heavy (non-hydrogen) atoms. The number of aromatic nitrogens is 3. The average molecular weight is 384 g/mol. The summed E-state index contributed by atoms with van der Waals surface area (Å²) in [6.45, 7) is 6.16. The van der Waals surface area contributed by atoms with E-state index in [4.69, 9.17) is 0 Å². The molecule has 1 aliphatic rings. The Labute approximate surface area is 165 Å². The van der Waals surface area contributed by atoms with Crippen molar-refractivity contribution in [2.45, 2.75) is 39.3 Å². The van der Waals surface area contributed by atoms with Crippen molar-refractivity contribution in [2.75, 3.05) is 20.1 Å². The fraction of sp³-hybridized carbons (Fsp3) is 0.500.